The molecule has 0 radical (unpaired) electrons. The molecule has 76 valence electrons. The summed E-state index contributed by atoms with van der Waals surface area (Å²) in [5.41, 5.74) is -0.355. The van der Waals surface area contributed by atoms with E-state index in [0.717, 1.165) is 18.2 Å². The van der Waals surface area contributed by atoms with Gasteiger partial charge in [0, 0.05) is 6.07 Å². The minimum Gasteiger partial charge on any atom is -0.716 e. The second kappa shape index (κ2) is 3.60. The van der Waals surface area contributed by atoms with Crippen LogP contribution >= 0.6 is 0 Å². The van der Waals surface area contributed by atoms with Gasteiger partial charge in [-0.1, -0.05) is 6.07 Å². The molecule has 0 aliphatic rings. The Morgan fingerprint density at radius 1 is 1.36 bits per heavy atom. The van der Waals surface area contributed by atoms with E-state index in [0.29, 0.717) is 0 Å². The van der Waals surface area contributed by atoms with E-state index < -0.39 is 15.3 Å². The molecule has 8 heteroatoms. The maximum absolute atomic E-state index is 10.2. The lowest BCUT2D eigenvalue weighted by atomic mass is 10.3. The van der Waals surface area contributed by atoms with Gasteiger partial charge in [-0.15, -0.1) is 0 Å². The van der Waals surface area contributed by atoms with Crippen molar-refractivity contribution in [1.82, 2.24) is 0 Å². The van der Waals surface area contributed by atoms with E-state index in [1.54, 1.807) is 0 Å². The summed E-state index contributed by atoms with van der Waals surface area (Å²) in [5.74, 6) is -0.380. The van der Waals surface area contributed by atoms with Crippen LogP contribution in [0.25, 0.3) is 0 Å². The van der Waals surface area contributed by atoms with Crippen LogP contribution in [0.1, 0.15) is 0 Å². The van der Waals surface area contributed by atoms with E-state index in [1.165, 1.54) is 6.07 Å². The average molecular weight is 218 g/mol. The Kier molecular flexibility index (Phi) is 2.68. The van der Waals surface area contributed by atoms with Crippen molar-refractivity contribution in [1.29, 1.82) is 0 Å². The first kappa shape index (κ1) is 10.4. The van der Waals surface area contributed by atoms with E-state index in [4.69, 9.17) is 0 Å². The fraction of sp³-hybridized carbons (Fsp3) is 0. The smallest absolute Gasteiger partial charge is 0.273 e. The Labute approximate surface area is 79.0 Å². The Bertz CT molecular complexity index is 453. The van der Waals surface area contributed by atoms with Crippen LogP contribution in [0.2, 0.25) is 0 Å². The standard InChI is InChI=1S/C6H5NO6S/c8-7(9)5-2-1-3-6(4-5)13-14(10,11)12/h1-4H,(H,10,11,12)/p-1. The van der Waals surface area contributed by atoms with Gasteiger partial charge in [0.2, 0.25) is 0 Å². The highest BCUT2D eigenvalue weighted by molar-refractivity contribution is 7.81. The summed E-state index contributed by atoms with van der Waals surface area (Å²) in [6, 6.07) is 4.32. The predicted molar refractivity (Wildman–Crippen MR) is 43.4 cm³/mol. The second-order valence-corrected chi connectivity index (χ2v) is 3.23. The van der Waals surface area contributed by atoms with Crippen molar-refractivity contribution < 1.29 is 22.1 Å². The maximum atomic E-state index is 10.2. The van der Waals surface area contributed by atoms with Gasteiger partial charge in [0.05, 0.1) is 11.0 Å². The number of hydrogen-bond donors (Lipinski definition) is 0. The van der Waals surface area contributed by atoms with Crippen LogP contribution in [0.4, 0.5) is 5.69 Å². The summed E-state index contributed by atoms with van der Waals surface area (Å²) < 4.78 is 34.3. The van der Waals surface area contributed by atoms with Gasteiger partial charge >= 0.3 is 0 Å². The molecule has 0 spiro atoms. The van der Waals surface area contributed by atoms with Gasteiger partial charge in [-0.2, -0.15) is 0 Å². The third-order valence-electron chi connectivity index (χ3n) is 1.23. The fourth-order valence-corrected chi connectivity index (χ4v) is 1.11. The predicted octanol–water partition coefficient (Wildman–Crippen LogP) is 0.434. The largest absolute Gasteiger partial charge is 0.716 e. The lowest BCUT2D eigenvalue weighted by Gasteiger charge is -2.07. The first-order valence-corrected chi connectivity index (χ1v) is 4.61. The normalized spacial score (nSPS) is 10.9. The molecular formula is C6H4NO6S-. The molecule has 0 fully saturated rings. The zero-order valence-corrected chi connectivity index (χ0v) is 7.43. The zero-order chi connectivity index (χ0) is 10.8. The number of benzene rings is 1. The number of hydrogen-bond acceptors (Lipinski definition) is 6. The number of rotatable bonds is 3. The lowest BCUT2D eigenvalue weighted by Crippen LogP contribution is -2.07. The van der Waals surface area contributed by atoms with Crippen molar-refractivity contribution in [3.05, 3.63) is 34.4 Å². The molecule has 0 amide bonds. The molecule has 0 saturated heterocycles. The molecule has 0 bridgehead atoms. The first-order valence-electron chi connectivity index (χ1n) is 3.28. The van der Waals surface area contributed by atoms with Crippen LogP contribution in [-0.2, 0) is 10.4 Å². The summed E-state index contributed by atoms with van der Waals surface area (Å²) in [7, 11) is -4.89. The van der Waals surface area contributed by atoms with Crippen LogP contribution in [0.3, 0.4) is 0 Å². The van der Waals surface area contributed by atoms with E-state index >= 15 is 0 Å². The monoisotopic (exact) mass is 218 g/mol. The number of nitrogens with zero attached hydrogens (tertiary/aromatic N) is 1. The molecular weight excluding hydrogens is 214 g/mol. The Morgan fingerprint density at radius 3 is 2.50 bits per heavy atom. The molecule has 1 aromatic carbocycles. The highest BCUT2D eigenvalue weighted by atomic mass is 32.3. The fourth-order valence-electron chi connectivity index (χ4n) is 0.767. The van der Waals surface area contributed by atoms with Gasteiger partial charge in [-0.3, -0.25) is 10.1 Å². The highest BCUT2D eigenvalue weighted by Crippen LogP contribution is 2.19. The van der Waals surface area contributed by atoms with Crippen molar-refractivity contribution in [2.75, 3.05) is 0 Å². The molecule has 1 aromatic rings. The van der Waals surface area contributed by atoms with Gasteiger partial charge in [0.1, 0.15) is 5.75 Å². The Balaban J connectivity index is 3.01. The SMILES string of the molecule is O=[N+]([O-])c1cccc(OS(=O)(=O)[O-])c1. The molecule has 7 nitrogen and oxygen atoms in total. The number of non-ortho nitro benzene ring substituents is 1. The third kappa shape index (κ3) is 2.99. The quantitative estimate of drug-likeness (QED) is 0.315. The third-order valence-corrected chi connectivity index (χ3v) is 1.62. The van der Waals surface area contributed by atoms with Crippen molar-refractivity contribution in [2.45, 2.75) is 0 Å². The van der Waals surface area contributed by atoms with Gasteiger partial charge < -0.3 is 8.74 Å². The Hall–Kier alpha value is -1.67. The van der Waals surface area contributed by atoms with Crippen LogP contribution in [0, 0.1) is 10.1 Å². The van der Waals surface area contributed by atoms with E-state index in [-0.39, 0.29) is 11.4 Å². The molecule has 0 atom stereocenters. The van der Waals surface area contributed by atoms with Gasteiger partial charge in [0.15, 0.2) is 0 Å². The minimum atomic E-state index is -4.89. The molecule has 14 heavy (non-hydrogen) atoms. The highest BCUT2D eigenvalue weighted by Gasteiger charge is 2.07. The average Bonchev–Trinajstić information content (AvgIpc) is 2.01. The molecule has 0 aromatic heterocycles. The first-order chi connectivity index (χ1) is 6.38. The van der Waals surface area contributed by atoms with Crippen LogP contribution < -0.4 is 4.18 Å². The molecule has 0 aliphatic heterocycles. The Morgan fingerprint density at radius 2 is 2.00 bits per heavy atom. The van der Waals surface area contributed by atoms with Gasteiger partial charge in [-0.05, 0) is 6.07 Å². The minimum absolute atomic E-state index is 0.355. The van der Waals surface area contributed by atoms with Crippen LogP contribution in [0.5, 0.6) is 5.75 Å². The van der Waals surface area contributed by atoms with E-state index in [1.807, 2.05) is 0 Å². The summed E-state index contributed by atoms with van der Waals surface area (Å²) in [4.78, 5) is 9.51. The maximum Gasteiger partial charge on any atom is 0.273 e. The van der Waals surface area contributed by atoms with Gasteiger partial charge in [0.25, 0.3) is 16.1 Å². The van der Waals surface area contributed by atoms with Crippen molar-refractivity contribution in [2.24, 2.45) is 0 Å². The number of nitro groups is 1. The van der Waals surface area contributed by atoms with Gasteiger partial charge in [-0.25, -0.2) is 8.42 Å². The lowest BCUT2D eigenvalue weighted by molar-refractivity contribution is -0.384. The van der Waals surface area contributed by atoms with Crippen molar-refractivity contribution in [3.63, 3.8) is 0 Å². The van der Waals surface area contributed by atoms with Crippen molar-refractivity contribution in [3.8, 4) is 5.75 Å². The molecule has 1 rings (SSSR count). The number of nitro benzene ring substituents is 1. The molecule has 0 unspecified atom stereocenters. The summed E-state index contributed by atoms with van der Waals surface area (Å²) in [6.07, 6.45) is 0. The van der Waals surface area contributed by atoms with Crippen LogP contribution in [0.15, 0.2) is 24.3 Å². The zero-order valence-electron chi connectivity index (χ0n) is 6.61. The summed E-state index contributed by atoms with van der Waals surface area (Å²) in [6.45, 7) is 0. The summed E-state index contributed by atoms with van der Waals surface area (Å²) in [5, 5.41) is 10.2. The summed E-state index contributed by atoms with van der Waals surface area (Å²) >= 11 is 0. The topological polar surface area (TPSA) is 110 Å². The van der Waals surface area contributed by atoms with Crippen molar-refractivity contribution >= 4 is 16.1 Å². The van der Waals surface area contributed by atoms with E-state index in [9.17, 15) is 23.1 Å². The molecule has 0 saturated carbocycles. The molecule has 0 N–H and O–H groups in total. The second-order valence-electron chi connectivity index (χ2n) is 2.25. The molecule has 0 aliphatic carbocycles. The van der Waals surface area contributed by atoms with E-state index in [2.05, 4.69) is 4.18 Å². The molecule has 0 heterocycles. The van der Waals surface area contributed by atoms with Crippen LogP contribution in [-0.4, -0.2) is 17.9 Å².